The fourth-order valence-corrected chi connectivity index (χ4v) is 1.73. The van der Waals surface area contributed by atoms with Crippen LogP contribution in [0.25, 0.3) is 0 Å². The van der Waals surface area contributed by atoms with Crippen LogP contribution in [0.1, 0.15) is 32.6 Å². The van der Waals surface area contributed by atoms with Gasteiger partial charge in [0.05, 0.1) is 12.5 Å². The molecule has 1 saturated carbocycles. The smallest absolute Gasteiger partial charge is 0.320 e. The summed E-state index contributed by atoms with van der Waals surface area (Å²) in [6.07, 6.45) is 1.98. The van der Waals surface area contributed by atoms with Gasteiger partial charge in [0, 0.05) is 26.2 Å². The summed E-state index contributed by atoms with van der Waals surface area (Å²) in [5, 5.41) is 17.9. The Labute approximate surface area is 107 Å². The largest absolute Gasteiger partial charge is 0.481 e. The molecule has 0 spiro atoms. The van der Waals surface area contributed by atoms with E-state index < -0.39 is 12.1 Å². The maximum atomic E-state index is 12.1. The SMILES string of the molecule is CC(O)CCN(C)C(=O)N(CCC(=O)O)C1CC1. The van der Waals surface area contributed by atoms with Crippen molar-refractivity contribution >= 4 is 12.0 Å². The molecule has 0 saturated heterocycles. The molecule has 1 aliphatic carbocycles. The molecule has 0 heterocycles. The predicted molar refractivity (Wildman–Crippen MR) is 66.3 cm³/mol. The molecule has 1 rings (SSSR count). The molecule has 1 fully saturated rings. The highest BCUT2D eigenvalue weighted by Gasteiger charge is 2.34. The van der Waals surface area contributed by atoms with Crippen molar-refractivity contribution in [3.63, 3.8) is 0 Å². The van der Waals surface area contributed by atoms with E-state index in [1.165, 1.54) is 0 Å². The van der Waals surface area contributed by atoms with Gasteiger partial charge >= 0.3 is 12.0 Å². The second-order valence-electron chi connectivity index (χ2n) is 4.91. The van der Waals surface area contributed by atoms with Gasteiger partial charge in [-0.2, -0.15) is 0 Å². The molecule has 0 aromatic heterocycles. The van der Waals surface area contributed by atoms with Crippen LogP contribution in [-0.4, -0.2) is 64.3 Å². The minimum Gasteiger partial charge on any atom is -0.481 e. The van der Waals surface area contributed by atoms with Gasteiger partial charge in [-0.15, -0.1) is 0 Å². The number of aliphatic hydroxyl groups is 1. The maximum absolute atomic E-state index is 12.1. The number of amides is 2. The molecule has 0 bridgehead atoms. The number of carboxylic acid groups (broad SMARTS) is 1. The van der Waals surface area contributed by atoms with E-state index in [0.717, 1.165) is 12.8 Å². The molecule has 2 N–H and O–H groups in total. The standard InChI is InChI=1S/C12H22N2O4/c1-9(15)5-7-13(2)12(18)14(10-3-4-10)8-6-11(16)17/h9-10,15H,3-8H2,1-2H3,(H,16,17). The van der Waals surface area contributed by atoms with Crippen LogP contribution in [0.2, 0.25) is 0 Å². The van der Waals surface area contributed by atoms with E-state index in [0.29, 0.717) is 13.0 Å². The summed E-state index contributed by atoms with van der Waals surface area (Å²) in [5.74, 6) is -0.889. The molecule has 0 aromatic rings. The zero-order valence-corrected chi connectivity index (χ0v) is 11.0. The first-order valence-electron chi connectivity index (χ1n) is 6.33. The molecule has 6 nitrogen and oxygen atoms in total. The van der Waals surface area contributed by atoms with Crippen LogP contribution in [0, 0.1) is 0 Å². The lowest BCUT2D eigenvalue weighted by atomic mass is 10.3. The Balaban J connectivity index is 2.45. The fourth-order valence-electron chi connectivity index (χ4n) is 1.73. The summed E-state index contributed by atoms with van der Waals surface area (Å²) >= 11 is 0. The van der Waals surface area contributed by atoms with E-state index in [4.69, 9.17) is 5.11 Å². The summed E-state index contributed by atoms with van der Waals surface area (Å²) in [7, 11) is 1.68. The third-order valence-corrected chi connectivity index (χ3v) is 3.01. The van der Waals surface area contributed by atoms with Crippen LogP contribution >= 0.6 is 0 Å². The van der Waals surface area contributed by atoms with Gasteiger partial charge < -0.3 is 20.0 Å². The van der Waals surface area contributed by atoms with Gasteiger partial charge in [-0.25, -0.2) is 4.79 Å². The fraction of sp³-hybridized carbons (Fsp3) is 0.833. The first-order valence-corrected chi connectivity index (χ1v) is 6.33. The Morgan fingerprint density at radius 2 is 1.94 bits per heavy atom. The van der Waals surface area contributed by atoms with Crippen molar-refractivity contribution in [1.82, 2.24) is 9.80 Å². The van der Waals surface area contributed by atoms with Gasteiger partial charge in [-0.05, 0) is 26.2 Å². The van der Waals surface area contributed by atoms with E-state index in [1.54, 1.807) is 23.8 Å². The number of carbonyl (C=O) groups is 2. The molecule has 1 unspecified atom stereocenters. The topological polar surface area (TPSA) is 81.1 Å². The third-order valence-electron chi connectivity index (χ3n) is 3.01. The number of aliphatic hydroxyl groups excluding tert-OH is 1. The van der Waals surface area contributed by atoms with Crippen LogP contribution in [0.15, 0.2) is 0 Å². The Hall–Kier alpha value is -1.30. The van der Waals surface area contributed by atoms with Crippen molar-refractivity contribution in [1.29, 1.82) is 0 Å². The van der Waals surface area contributed by atoms with E-state index in [2.05, 4.69) is 0 Å². The monoisotopic (exact) mass is 258 g/mol. The van der Waals surface area contributed by atoms with Crippen LogP contribution in [0.4, 0.5) is 4.79 Å². The molecular formula is C12H22N2O4. The minimum absolute atomic E-state index is 0.0213. The highest BCUT2D eigenvalue weighted by atomic mass is 16.4. The van der Waals surface area contributed by atoms with Crippen LogP contribution in [-0.2, 0) is 4.79 Å². The number of aliphatic carboxylic acids is 1. The molecule has 1 atom stereocenters. The lowest BCUT2D eigenvalue weighted by Gasteiger charge is -2.28. The number of rotatable bonds is 7. The Morgan fingerprint density at radius 3 is 2.39 bits per heavy atom. The number of hydrogen-bond acceptors (Lipinski definition) is 3. The van der Waals surface area contributed by atoms with Crippen LogP contribution < -0.4 is 0 Å². The molecule has 6 heteroatoms. The summed E-state index contributed by atoms with van der Waals surface area (Å²) in [6, 6.07) is 0.0604. The Morgan fingerprint density at radius 1 is 1.33 bits per heavy atom. The minimum atomic E-state index is -0.889. The summed E-state index contributed by atoms with van der Waals surface area (Å²) in [6.45, 7) is 2.42. The normalized spacial score (nSPS) is 16.2. The number of nitrogens with zero attached hydrogens (tertiary/aromatic N) is 2. The van der Waals surface area contributed by atoms with Crippen molar-refractivity contribution in [3.8, 4) is 0 Å². The summed E-state index contributed by atoms with van der Waals surface area (Å²) < 4.78 is 0. The van der Waals surface area contributed by atoms with Gasteiger partial charge in [-0.3, -0.25) is 4.79 Å². The van der Waals surface area contributed by atoms with Gasteiger partial charge in [0.15, 0.2) is 0 Å². The first kappa shape index (κ1) is 14.8. The zero-order valence-electron chi connectivity index (χ0n) is 11.0. The van der Waals surface area contributed by atoms with Crippen molar-refractivity contribution in [2.45, 2.75) is 44.8 Å². The Kier molecular flexibility index (Phi) is 5.40. The van der Waals surface area contributed by atoms with E-state index in [-0.39, 0.29) is 25.0 Å². The number of hydrogen-bond donors (Lipinski definition) is 2. The van der Waals surface area contributed by atoms with Gasteiger partial charge in [0.2, 0.25) is 0 Å². The Bertz CT molecular complexity index is 302. The summed E-state index contributed by atoms with van der Waals surface area (Å²) in [4.78, 5) is 25.9. The van der Waals surface area contributed by atoms with E-state index >= 15 is 0 Å². The predicted octanol–water partition coefficient (Wildman–Crippen LogP) is 0.748. The molecule has 0 radical (unpaired) electrons. The average molecular weight is 258 g/mol. The lowest BCUT2D eigenvalue weighted by Crippen LogP contribution is -2.44. The molecule has 0 aromatic carbocycles. The van der Waals surface area contributed by atoms with Crippen molar-refractivity contribution in [2.24, 2.45) is 0 Å². The van der Waals surface area contributed by atoms with Crippen molar-refractivity contribution < 1.29 is 19.8 Å². The second-order valence-corrected chi connectivity index (χ2v) is 4.91. The molecule has 104 valence electrons. The average Bonchev–Trinajstić information content (AvgIpc) is 3.09. The molecule has 18 heavy (non-hydrogen) atoms. The zero-order chi connectivity index (χ0) is 13.7. The molecule has 2 amide bonds. The quantitative estimate of drug-likeness (QED) is 0.706. The van der Waals surface area contributed by atoms with Crippen molar-refractivity contribution in [2.75, 3.05) is 20.1 Å². The van der Waals surface area contributed by atoms with Gasteiger partial charge in [0.25, 0.3) is 0 Å². The number of carbonyl (C=O) groups excluding carboxylic acids is 1. The van der Waals surface area contributed by atoms with Crippen LogP contribution in [0.5, 0.6) is 0 Å². The number of urea groups is 1. The number of carboxylic acids is 1. The third kappa shape index (κ3) is 4.91. The first-order chi connectivity index (χ1) is 8.41. The van der Waals surface area contributed by atoms with Gasteiger partial charge in [-0.1, -0.05) is 0 Å². The highest BCUT2D eigenvalue weighted by Crippen LogP contribution is 2.27. The highest BCUT2D eigenvalue weighted by molar-refractivity contribution is 5.76. The van der Waals surface area contributed by atoms with Gasteiger partial charge in [0.1, 0.15) is 0 Å². The second kappa shape index (κ2) is 6.58. The molecular weight excluding hydrogens is 236 g/mol. The summed E-state index contributed by atoms with van der Waals surface area (Å²) in [5.41, 5.74) is 0. The maximum Gasteiger partial charge on any atom is 0.320 e. The van der Waals surface area contributed by atoms with E-state index in [9.17, 15) is 14.7 Å². The van der Waals surface area contributed by atoms with Crippen molar-refractivity contribution in [3.05, 3.63) is 0 Å². The lowest BCUT2D eigenvalue weighted by molar-refractivity contribution is -0.137. The van der Waals surface area contributed by atoms with E-state index in [1.807, 2.05) is 0 Å². The van der Waals surface area contributed by atoms with Crippen LogP contribution in [0.3, 0.4) is 0 Å². The molecule has 0 aliphatic heterocycles. The molecule has 1 aliphatic rings.